The first kappa shape index (κ1) is 51.0. The van der Waals surface area contributed by atoms with Crippen LogP contribution in [0.1, 0.15) is 84.7 Å². The van der Waals surface area contributed by atoms with Gasteiger partial charge in [0, 0.05) is 12.1 Å². The van der Waals surface area contributed by atoms with E-state index >= 15 is 0 Å². The van der Waals surface area contributed by atoms with Crippen LogP contribution in [-0.4, -0.2) is 54.3 Å². The van der Waals surface area contributed by atoms with Crippen LogP contribution >= 0.6 is 0 Å². The predicted molar refractivity (Wildman–Crippen MR) is 218 cm³/mol. The van der Waals surface area contributed by atoms with Gasteiger partial charge in [0.05, 0.1) is 41.0 Å². The fraction of sp³-hybridized carbons (Fsp3) is 0.452. The monoisotopic (exact) mass is 832 g/mol. The molecular formula is C42H58NO10S3-3. The summed E-state index contributed by atoms with van der Waals surface area (Å²) in [5.41, 5.74) is 7.98. The zero-order valence-corrected chi connectivity index (χ0v) is 35.7. The van der Waals surface area contributed by atoms with Gasteiger partial charge in [0.1, 0.15) is 0 Å². The Morgan fingerprint density at radius 2 is 0.893 bits per heavy atom. The van der Waals surface area contributed by atoms with E-state index in [0.29, 0.717) is 18.8 Å². The first-order valence-corrected chi connectivity index (χ1v) is 21.5. The van der Waals surface area contributed by atoms with Gasteiger partial charge in [-0.15, -0.1) is 11.4 Å². The van der Waals surface area contributed by atoms with Gasteiger partial charge in [0.2, 0.25) is 0 Å². The van der Waals surface area contributed by atoms with Gasteiger partial charge in [-0.05, 0) is 91.9 Å². The summed E-state index contributed by atoms with van der Waals surface area (Å²) in [4.78, 5) is 2.89. The van der Waals surface area contributed by atoms with Crippen molar-refractivity contribution in [2.45, 2.75) is 111 Å². The number of H-pyrrole nitrogens is 1. The van der Waals surface area contributed by atoms with Crippen molar-refractivity contribution in [3.63, 3.8) is 0 Å². The zero-order valence-electron chi connectivity index (χ0n) is 33.2. The maximum Gasteiger partial charge on any atom is 0.166 e. The molecule has 2 bridgehead atoms. The SMILES string of the molecule is Cc1ccc(C)cc1.Cc1ccc(C)cc1.Cc1ccc(C)cc1.O=S([O-])OC1CC2CCC1C2.O=S([O-])OC1CCCCC1O.O=S([O-])[O-].c1cc[nH+]cc1. The third-order valence-corrected chi connectivity index (χ3v) is 9.82. The number of nitrogens with one attached hydrogen (secondary N) is 1. The van der Waals surface area contributed by atoms with Gasteiger partial charge in [-0.3, -0.25) is 12.6 Å². The molecule has 0 amide bonds. The molecular weight excluding hydrogens is 775 g/mol. The third kappa shape index (κ3) is 26.8. The first-order chi connectivity index (χ1) is 26.5. The van der Waals surface area contributed by atoms with Crippen molar-refractivity contribution >= 4 is 34.1 Å². The van der Waals surface area contributed by atoms with Crippen molar-refractivity contribution in [2.75, 3.05) is 0 Å². The Morgan fingerprint density at radius 3 is 1.14 bits per heavy atom. The second-order valence-corrected chi connectivity index (χ2v) is 15.6. The average Bonchev–Trinajstić information content (AvgIpc) is 3.78. The fourth-order valence-electron chi connectivity index (χ4n) is 5.95. The molecule has 7 unspecified atom stereocenters. The minimum absolute atomic E-state index is 0.00656. The van der Waals surface area contributed by atoms with E-state index in [2.05, 4.69) is 124 Å². The Kier molecular flexibility index (Phi) is 27.4. The normalized spacial score (nSPS) is 21.1. The molecule has 14 heteroatoms. The summed E-state index contributed by atoms with van der Waals surface area (Å²) in [6.45, 7) is 12.6. The van der Waals surface area contributed by atoms with Crippen molar-refractivity contribution in [2.24, 2.45) is 11.8 Å². The minimum Gasteiger partial charge on any atom is -0.784 e. The number of pyridine rings is 1. The first-order valence-electron chi connectivity index (χ1n) is 18.5. The molecule has 0 saturated heterocycles. The van der Waals surface area contributed by atoms with E-state index in [1.807, 2.05) is 30.6 Å². The van der Waals surface area contributed by atoms with E-state index in [4.69, 9.17) is 17.5 Å². The Labute approximate surface area is 341 Å². The Balaban J connectivity index is 0.000000333. The lowest BCUT2D eigenvalue weighted by Gasteiger charge is -2.27. The highest BCUT2D eigenvalue weighted by Crippen LogP contribution is 2.46. The number of aryl methyl sites for hydroxylation is 6. The predicted octanol–water partition coefficient (Wildman–Crippen LogP) is 7.49. The molecule has 312 valence electrons. The summed E-state index contributed by atoms with van der Waals surface area (Å²) < 4.78 is 75.1. The molecule has 3 fully saturated rings. The number of benzene rings is 3. The fourth-order valence-corrected chi connectivity index (χ4v) is 6.81. The van der Waals surface area contributed by atoms with Crippen LogP contribution in [-0.2, 0) is 42.5 Å². The van der Waals surface area contributed by atoms with Crippen LogP contribution in [0.5, 0.6) is 0 Å². The molecule has 4 aromatic rings. The second-order valence-electron chi connectivity index (χ2n) is 13.9. The lowest BCUT2D eigenvalue weighted by Crippen LogP contribution is -2.32. The smallest absolute Gasteiger partial charge is 0.166 e. The van der Waals surface area contributed by atoms with Gasteiger partial charge < -0.3 is 23.3 Å². The molecule has 11 nitrogen and oxygen atoms in total. The molecule has 3 aliphatic carbocycles. The van der Waals surface area contributed by atoms with Crippen LogP contribution in [0.2, 0.25) is 0 Å². The highest BCUT2D eigenvalue weighted by atomic mass is 32.2. The van der Waals surface area contributed by atoms with Crippen LogP contribution in [0, 0.1) is 53.4 Å². The van der Waals surface area contributed by atoms with Crippen LogP contribution in [0.3, 0.4) is 0 Å². The van der Waals surface area contributed by atoms with Crippen molar-refractivity contribution in [1.29, 1.82) is 0 Å². The molecule has 1 heterocycles. The van der Waals surface area contributed by atoms with Crippen molar-refractivity contribution in [1.82, 2.24) is 0 Å². The molecule has 0 aliphatic heterocycles. The molecule has 2 N–H and O–H groups in total. The Morgan fingerprint density at radius 1 is 0.536 bits per heavy atom. The number of aromatic nitrogens is 1. The minimum atomic E-state index is -3.11. The molecule has 7 rings (SSSR count). The highest BCUT2D eigenvalue weighted by Gasteiger charge is 2.40. The van der Waals surface area contributed by atoms with Crippen molar-refractivity contribution < 1.29 is 49.3 Å². The molecule has 0 spiro atoms. The molecule has 3 saturated carbocycles. The van der Waals surface area contributed by atoms with Gasteiger partial charge in [-0.25, -0.2) is 13.4 Å². The van der Waals surface area contributed by atoms with E-state index in [9.17, 15) is 22.6 Å². The molecule has 1 aromatic heterocycles. The van der Waals surface area contributed by atoms with Crippen LogP contribution < -0.4 is 4.98 Å². The quantitative estimate of drug-likeness (QED) is 0.201. The van der Waals surface area contributed by atoms with Crippen LogP contribution in [0.25, 0.3) is 0 Å². The topological polar surface area (TPSA) is 196 Å². The number of aliphatic hydroxyl groups excluding tert-OH is 1. The summed E-state index contributed by atoms with van der Waals surface area (Å²) >= 11 is -7.91. The van der Waals surface area contributed by atoms with E-state index < -0.39 is 46.3 Å². The number of hydrogen-bond acceptors (Lipinski definition) is 10. The van der Waals surface area contributed by atoms with E-state index in [-0.39, 0.29) is 6.10 Å². The van der Waals surface area contributed by atoms with Crippen molar-refractivity contribution in [3.8, 4) is 0 Å². The Bertz CT molecular complexity index is 1440. The van der Waals surface area contributed by atoms with Crippen LogP contribution in [0.15, 0.2) is 103 Å². The van der Waals surface area contributed by atoms with Gasteiger partial charge >= 0.3 is 0 Å². The molecule has 3 aromatic carbocycles. The molecule has 0 radical (unpaired) electrons. The highest BCUT2D eigenvalue weighted by molar-refractivity contribution is 7.74. The standard InChI is InChI=1S/3C8H10.C7H12O3S.C6H12O4S.C5H5N.H2O3S/c3*1-7-3-5-8(2)6-4-7;8-11(9)10-7-4-5-1-2-6(7)3-5;7-5-3-1-2-4-6(5)10-11(8)9;1-2-4-6-5-3-1;1-4(2)3/h3*3-6H,1-2H3;2*5-7H,1-4H2,(H,8,9);1-5H;(H2,1,2,3)/p-3. The van der Waals surface area contributed by atoms with E-state index in [1.54, 1.807) is 0 Å². The largest absolute Gasteiger partial charge is 0.784 e. The van der Waals surface area contributed by atoms with Gasteiger partial charge in [0.25, 0.3) is 0 Å². The maximum absolute atomic E-state index is 10.2. The van der Waals surface area contributed by atoms with Gasteiger partial charge in [-0.2, -0.15) is 0 Å². The molecule has 3 aliphatic rings. The summed E-state index contributed by atoms with van der Waals surface area (Å²) in [5, 5.41) is 9.22. The molecule has 56 heavy (non-hydrogen) atoms. The van der Waals surface area contributed by atoms with Crippen molar-refractivity contribution in [3.05, 3.63) is 137 Å². The molecule has 7 atom stereocenters. The maximum atomic E-state index is 10.2. The van der Waals surface area contributed by atoms with Gasteiger partial charge in [0.15, 0.2) is 12.4 Å². The van der Waals surface area contributed by atoms with E-state index in [0.717, 1.165) is 31.6 Å². The van der Waals surface area contributed by atoms with Crippen LogP contribution in [0.4, 0.5) is 0 Å². The number of fused-ring (bicyclic) bond motifs is 2. The zero-order chi connectivity index (χ0) is 41.9. The Hall–Kier alpha value is -3.02. The second kappa shape index (κ2) is 30.1. The summed E-state index contributed by atoms with van der Waals surface area (Å²) in [6.07, 6.45) is 10.4. The third-order valence-electron chi connectivity index (χ3n) is 9.01. The summed E-state index contributed by atoms with van der Waals surface area (Å²) in [6, 6.07) is 31.3. The number of aromatic amines is 1. The summed E-state index contributed by atoms with van der Waals surface area (Å²) in [5.74, 6) is 1.27. The van der Waals surface area contributed by atoms with E-state index in [1.165, 1.54) is 46.2 Å². The lowest BCUT2D eigenvalue weighted by atomic mass is 9.95. The average molecular weight is 833 g/mol. The number of rotatable bonds is 4. The number of hydrogen-bond donors (Lipinski definition) is 1. The number of aliphatic hydroxyl groups is 1. The van der Waals surface area contributed by atoms with Gasteiger partial charge in [-0.1, -0.05) is 125 Å². The lowest BCUT2D eigenvalue weighted by molar-refractivity contribution is -0.377. The summed E-state index contributed by atoms with van der Waals surface area (Å²) in [7, 11) is 0.